The highest BCUT2D eigenvalue weighted by molar-refractivity contribution is 7.92. The Bertz CT molecular complexity index is 1260. The molecule has 0 bridgehead atoms. The van der Waals surface area contributed by atoms with E-state index in [4.69, 9.17) is 9.47 Å². The number of hydrogen-bond acceptors (Lipinski definition) is 5. The maximum absolute atomic E-state index is 13.7. The van der Waals surface area contributed by atoms with Gasteiger partial charge in [0.05, 0.1) is 30.8 Å². The van der Waals surface area contributed by atoms with Crippen molar-refractivity contribution in [2.24, 2.45) is 5.92 Å². The SMILES string of the molecule is COc1ccc(C(CC(C)C)NC(=O)CN(c2ccccc2)S(=O)(=O)c2ccc(OC)c(C)c2)cc1. The van der Waals surface area contributed by atoms with Crippen LogP contribution in [0.1, 0.15) is 37.4 Å². The second-order valence-corrected chi connectivity index (χ2v) is 10.9. The molecule has 7 nitrogen and oxygen atoms in total. The second kappa shape index (κ2) is 11.9. The number of nitrogens with zero attached hydrogens (tertiary/aromatic N) is 1. The molecule has 0 saturated heterocycles. The first-order valence-corrected chi connectivity index (χ1v) is 13.3. The number of carbonyl (C=O) groups excluding carboxylic acids is 1. The Hall–Kier alpha value is -3.52. The van der Waals surface area contributed by atoms with Crippen LogP contribution in [0, 0.1) is 12.8 Å². The number of hydrogen-bond donors (Lipinski definition) is 1. The van der Waals surface area contributed by atoms with Crippen molar-refractivity contribution in [3.8, 4) is 11.5 Å². The lowest BCUT2D eigenvalue weighted by atomic mass is 9.97. The fourth-order valence-electron chi connectivity index (χ4n) is 4.00. The summed E-state index contributed by atoms with van der Waals surface area (Å²) in [6, 6.07) is 20.6. The zero-order chi connectivity index (χ0) is 26.3. The number of sulfonamides is 1. The van der Waals surface area contributed by atoms with Gasteiger partial charge in [0.2, 0.25) is 5.91 Å². The fourth-order valence-corrected chi connectivity index (χ4v) is 5.51. The van der Waals surface area contributed by atoms with Crippen LogP contribution in [-0.2, 0) is 14.8 Å². The first-order valence-electron chi connectivity index (χ1n) is 11.8. The van der Waals surface area contributed by atoms with Crippen molar-refractivity contribution in [1.82, 2.24) is 5.32 Å². The lowest BCUT2D eigenvalue weighted by Crippen LogP contribution is -2.42. The molecule has 1 atom stereocenters. The van der Waals surface area contributed by atoms with Gasteiger partial charge in [-0.1, -0.05) is 44.2 Å². The number of aryl methyl sites for hydroxylation is 1. The summed E-state index contributed by atoms with van der Waals surface area (Å²) in [6.45, 7) is 5.58. The van der Waals surface area contributed by atoms with E-state index < -0.39 is 15.9 Å². The molecule has 0 aliphatic rings. The Morgan fingerprint density at radius 1 is 0.944 bits per heavy atom. The third kappa shape index (κ3) is 6.57. The number of carbonyl (C=O) groups is 1. The summed E-state index contributed by atoms with van der Waals surface area (Å²) in [7, 11) is -0.891. The minimum atomic E-state index is -4.03. The molecule has 3 aromatic carbocycles. The van der Waals surface area contributed by atoms with Gasteiger partial charge in [0.15, 0.2) is 0 Å². The maximum Gasteiger partial charge on any atom is 0.264 e. The average Bonchev–Trinajstić information content (AvgIpc) is 2.87. The Labute approximate surface area is 214 Å². The highest BCUT2D eigenvalue weighted by Crippen LogP contribution is 2.28. The van der Waals surface area contributed by atoms with E-state index >= 15 is 0 Å². The van der Waals surface area contributed by atoms with Crippen molar-refractivity contribution < 1.29 is 22.7 Å². The quantitative estimate of drug-likeness (QED) is 0.387. The van der Waals surface area contributed by atoms with Gasteiger partial charge >= 0.3 is 0 Å². The lowest BCUT2D eigenvalue weighted by molar-refractivity contribution is -0.120. The molecule has 0 aliphatic carbocycles. The molecule has 0 spiro atoms. The number of amides is 1. The predicted molar refractivity (Wildman–Crippen MR) is 142 cm³/mol. The molecule has 0 heterocycles. The van der Waals surface area contributed by atoms with Crippen molar-refractivity contribution in [2.45, 2.75) is 38.1 Å². The fraction of sp³-hybridized carbons (Fsp3) is 0.321. The van der Waals surface area contributed by atoms with Gasteiger partial charge in [-0.05, 0) is 72.9 Å². The number of benzene rings is 3. The first-order chi connectivity index (χ1) is 17.1. The molecule has 0 aliphatic heterocycles. The molecule has 3 rings (SSSR count). The second-order valence-electron chi connectivity index (χ2n) is 9.00. The molecule has 1 unspecified atom stereocenters. The van der Waals surface area contributed by atoms with Crippen molar-refractivity contribution in [3.63, 3.8) is 0 Å². The molecule has 0 radical (unpaired) electrons. The summed E-state index contributed by atoms with van der Waals surface area (Å²) >= 11 is 0. The predicted octanol–water partition coefficient (Wildman–Crippen LogP) is 5.11. The standard InChI is InChI=1S/C28H34N2O5S/c1-20(2)17-26(22-11-13-24(34-4)14-12-22)29-28(31)19-30(23-9-7-6-8-10-23)36(32,33)25-15-16-27(35-5)21(3)18-25/h6-16,18,20,26H,17,19H2,1-5H3,(H,29,31). The zero-order valence-corrected chi connectivity index (χ0v) is 22.2. The van der Waals surface area contributed by atoms with E-state index in [1.807, 2.05) is 24.3 Å². The number of rotatable bonds is 11. The molecule has 36 heavy (non-hydrogen) atoms. The Morgan fingerprint density at radius 2 is 1.61 bits per heavy atom. The molecular formula is C28H34N2O5S. The van der Waals surface area contributed by atoms with Gasteiger partial charge in [-0.15, -0.1) is 0 Å². The van der Waals surface area contributed by atoms with Gasteiger partial charge in [0.1, 0.15) is 18.0 Å². The number of para-hydroxylation sites is 1. The van der Waals surface area contributed by atoms with Crippen LogP contribution in [0.3, 0.4) is 0 Å². The van der Waals surface area contributed by atoms with E-state index in [0.717, 1.165) is 15.6 Å². The Kier molecular flexibility index (Phi) is 8.98. The largest absolute Gasteiger partial charge is 0.497 e. The van der Waals surface area contributed by atoms with E-state index in [9.17, 15) is 13.2 Å². The van der Waals surface area contributed by atoms with Crippen molar-refractivity contribution in [2.75, 3.05) is 25.1 Å². The van der Waals surface area contributed by atoms with Crippen LogP contribution in [0.2, 0.25) is 0 Å². The van der Waals surface area contributed by atoms with Crippen LogP contribution in [-0.4, -0.2) is 35.1 Å². The molecular weight excluding hydrogens is 476 g/mol. The van der Waals surface area contributed by atoms with Crippen LogP contribution in [0.5, 0.6) is 11.5 Å². The van der Waals surface area contributed by atoms with Gasteiger partial charge in [-0.25, -0.2) is 8.42 Å². The van der Waals surface area contributed by atoms with Gasteiger partial charge in [-0.3, -0.25) is 9.10 Å². The third-order valence-corrected chi connectivity index (χ3v) is 7.62. The maximum atomic E-state index is 13.7. The van der Waals surface area contributed by atoms with Crippen LogP contribution in [0.4, 0.5) is 5.69 Å². The average molecular weight is 511 g/mol. The summed E-state index contributed by atoms with van der Waals surface area (Å²) in [5.41, 5.74) is 2.02. The highest BCUT2D eigenvalue weighted by atomic mass is 32.2. The summed E-state index contributed by atoms with van der Waals surface area (Å²) in [4.78, 5) is 13.4. The summed E-state index contributed by atoms with van der Waals surface area (Å²) < 4.78 is 39.1. The summed E-state index contributed by atoms with van der Waals surface area (Å²) in [6.07, 6.45) is 0.702. The minimum absolute atomic E-state index is 0.0892. The molecule has 0 aromatic heterocycles. The van der Waals surface area contributed by atoms with Gasteiger partial charge in [0, 0.05) is 0 Å². The normalized spacial score (nSPS) is 12.2. The Morgan fingerprint density at radius 3 is 2.17 bits per heavy atom. The lowest BCUT2D eigenvalue weighted by Gasteiger charge is -2.27. The smallest absolute Gasteiger partial charge is 0.264 e. The highest BCUT2D eigenvalue weighted by Gasteiger charge is 2.29. The van der Waals surface area contributed by atoms with Crippen molar-refractivity contribution in [3.05, 3.63) is 83.9 Å². The van der Waals surface area contributed by atoms with Gasteiger partial charge in [-0.2, -0.15) is 0 Å². The van der Waals surface area contributed by atoms with Gasteiger partial charge in [0.25, 0.3) is 10.0 Å². The molecule has 3 aromatic rings. The topological polar surface area (TPSA) is 84.9 Å². The number of nitrogens with one attached hydrogen (secondary N) is 1. The molecule has 0 saturated carbocycles. The van der Waals surface area contributed by atoms with E-state index in [1.54, 1.807) is 56.5 Å². The van der Waals surface area contributed by atoms with Gasteiger partial charge < -0.3 is 14.8 Å². The third-order valence-electron chi connectivity index (χ3n) is 5.85. The van der Waals surface area contributed by atoms with E-state index in [2.05, 4.69) is 19.2 Å². The zero-order valence-electron chi connectivity index (χ0n) is 21.4. The number of methoxy groups -OCH3 is 2. The molecule has 192 valence electrons. The van der Waals surface area contributed by atoms with Crippen molar-refractivity contribution >= 4 is 21.6 Å². The van der Waals surface area contributed by atoms with E-state index in [1.165, 1.54) is 13.2 Å². The summed E-state index contributed by atoms with van der Waals surface area (Å²) in [5, 5.41) is 3.05. The molecule has 0 fully saturated rings. The number of ether oxygens (including phenoxy) is 2. The summed E-state index contributed by atoms with van der Waals surface area (Å²) in [5.74, 6) is 1.24. The number of anilines is 1. The van der Waals surface area contributed by atoms with Crippen LogP contribution < -0.4 is 19.1 Å². The van der Waals surface area contributed by atoms with E-state index in [-0.39, 0.29) is 17.5 Å². The van der Waals surface area contributed by atoms with Crippen molar-refractivity contribution in [1.29, 1.82) is 0 Å². The molecule has 1 amide bonds. The van der Waals surface area contributed by atoms with Crippen LogP contribution in [0.25, 0.3) is 0 Å². The van der Waals surface area contributed by atoms with Crippen LogP contribution >= 0.6 is 0 Å². The Balaban J connectivity index is 1.91. The molecule has 1 N–H and O–H groups in total. The first kappa shape index (κ1) is 27.1. The van der Waals surface area contributed by atoms with E-state index in [0.29, 0.717) is 29.3 Å². The monoisotopic (exact) mass is 510 g/mol. The molecule has 8 heteroatoms. The van der Waals surface area contributed by atoms with Crippen LogP contribution in [0.15, 0.2) is 77.7 Å². The minimum Gasteiger partial charge on any atom is -0.497 e.